The second-order valence-electron chi connectivity index (χ2n) is 5.74. The molecule has 0 saturated heterocycles. The van der Waals surface area contributed by atoms with Crippen LogP contribution >= 0.6 is 0 Å². The lowest BCUT2D eigenvalue weighted by molar-refractivity contribution is 0.0125. The highest BCUT2D eigenvalue weighted by atomic mass is 16.5. The molecular formula is C15H25N3O3. The summed E-state index contributed by atoms with van der Waals surface area (Å²) in [5.74, 6) is 2.37. The van der Waals surface area contributed by atoms with Gasteiger partial charge in [-0.15, -0.1) is 0 Å². The van der Waals surface area contributed by atoms with Crippen LogP contribution in [-0.2, 0) is 11.3 Å². The minimum absolute atomic E-state index is 0.350. The predicted molar refractivity (Wildman–Crippen MR) is 78.6 cm³/mol. The molecule has 3 atom stereocenters. The van der Waals surface area contributed by atoms with E-state index in [0.29, 0.717) is 49.9 Å². The van der Waals surface area contributed by atoms with Crippen molar-refractivity contribution in [1.82, 2.24) is 15.5 Å². The highest BCUT2D eigenvalue weighted by Gasteiger charge is 2.18. The summed E-state index contributed by atoms with van der Waals surface area (Å²) >= 11 is 0. The molecule has 1 aromatic rings. The number of nitrogens with zero attached hydrogens (tertiary/aromatic N) is 2. The third-order valence-corrected chi connectivity index (χ3v) is 3.79. The number of aliphatic hydroxyl groups excluding tert-OH is 1. The average Bonchev–Trinajstić information content (AvgIpc) is 2.87. The van der Waals surface area contributed by atoms with Crippen LogP contribution in [0.15, 0.2) is 16.7 Å². The maximum absolute atomic E-state index is 9.86. The summed E-state index contributed by atoms with van der Waals surface area (Å²) in [7, 11) is 0. The Hall–Kier alpha value is -1.24. The molecule has 6 nitrogen and oxygen atoms in total. The third-order valence-electron chi connectivity index (χ3n) is 3.79. The molecule has 0 amide bonds. The van der Waals surface area contributed by atoms with E-state index in [2.05, 4.69) is 34.5 Å². The standard InChI is InChI=1S/C15H25N3O3/c1-11-5-3-4-6-13(11)9-20-10-14(19)7-16-8-15-17-12(2)18-21-15/h3-4,11,13-14,16,19H,5-10H2,1-2H3. The van der Waals surface area contributed by atoms with Crippen LogP contribution in [-0.4, -0.2) is 41.1 Å². The van der Waals surface area contributed by atoms with Gasteiger partial charge < -0.3 is 19.7 Å². The van der Waals surface area contributed by atoms with Crippen LogP contribution in [0.25, 0.3) is 0 Å². The largest absolute Gasteiger partial charge is 0.389 e. The molecule has 0 fully saturated rings. The first kappa shape index (κ1) is 16.1. The predicted octanol–water partition coefficient (Wildman–Crippen LogP) is 1.45. The molecule has 2 rings (SSSR count). The Morgan fingerprint density at radius 3 is 3.00 bits per heavy atom. The van der Waals surface area contributed by atoms with E-state index in [9.17, 15) is 5.11 Å². The first-order chi connectivity index (χ1) is 10.1. The zero-order valence-electron chi connectivity index (χ0n) is 12.8. The van der Waals surface area contributed by atoms with Crippen LogP contribution < -0.4 is 5.32 Å². The van der Waals surface area contributed by atoms with Gasteiger partial charge in [-0.05, 0) is 31.6 Å². The van der Waals surface area contributed by atoms with Crippen molar-refractivity contribution in [2.24, 2.45) is 11.8 Å². The fraction of sp³-hybridized carbons (Fsp3) is 0.733. The molecule has 0 spiro atoms. The Bertz CT molecular complexity index is 447. The van der Waals surface area contributed by atoms with E-state index in [4.69, 9.17) is 9.26 Å². The van der Waals surface area contributed by atoms with E-state index in [1.54, 1.807) is 6.92 Å². The molecule has 0 aromatic carbocycles. The molecule has 1 aliphatic rings. The molecule has 118 valence electrons. The molecule has 0 saturated carbocycles. The van der Waals surface area contributed by atoms with E-state index in [1.807, 2.05) is 0 Å². The molecule has 1 heterocycles. The van der Waals surface area contributed by atoms with Gasteiger partial charge in [0.25, 0.3) is 0 Å². The summed E-state index contributed by atoms with van der Waals surface area (Å²) in [6, 6.07) is 0. The van der Waals surface area contributed by atoms with Crippen LogP contribution in [0.3, 0.4) is 0 Å². The summed E-state index contributed by atoms with van der Waals surface area (Å²) in [6.07, 6.45) is 6.13. The Labute approximate surface area is 125 Å². The highest BCUT2D eigenvalue weighted by molar-refractivity contribution is 4.93. The molecule has 0 radical (unpaired) electrons. The smallest absolute Gasteiger partial charge is 0.240 e. The Morgan fingerprint density at radius 2 is 2.29 bits per heavy atom. The molecule has 0 aliphatic heterocycles. The van der Waals surface area contributed by atoms with Gasteiger partial charge in [0.05, 0.1) is 25.9 Å². The van der Waals surface area contributed by atoms with Crippen molar-refractivity contribution < 1.29 is 14.4 Å². The van der Waals surface area contributed by atoms with Crippen molar-refractivity contribution in [3.63, 3.8) is 0 Å². The Kier molecular flexibility index (Phi) is 6.35. The van der Waals surface area contributed by atoms with Crippen molar-refractivity contribution in [2.75, 3.05) is 19.8 Å². The molecule has 6 heteroatoms. The number of ether oxygens (including phenoxy) is 1. The molecule has 21 heavy (non-hydrogen) atoms. The maximum atomic E-state index is 9.86. The topological polar surface area (TPSA) is 80.4 Å². The fourth-order valence-corrected chi connectivity index (χ4v) is 2.41. The summed E-state index contributed by atoms with van der Waals surface area (Å²) in [4.78, 5) is 4.08. The van der Waals surface area contributed by atoms with Crippen molar-refractivity contribution in [1.29, 1.82) is 0 Å². The van der Waals surface area contributed by atoms with E-state index < -0.39 is 6.10 Å². The van der Waals surface area contributed by atoms with Gasteiger partial charge in [0.1, 0.15) is 0 Å². The monoisotopic (exact) mass is 295 g/mol. The van der Waals surface area contributed by atoms with Gasteiger partial charge in [-0.2, -0.15) is 4.98 Å². The minimum atomic E-state index is -0.525. The quantitative estimate of drug-likeness (QED) is 0.707. The van der Waals surface area contributed by atoms with Gasteiger partial charge >= 0.3 is 0 Å². The van der Waals surface area contributed by atoms with Crippen LogP contribution in [0.2, 0.25) is 0 Å². The van der Waals surface area contributed by atoms with Crippen molar-refractivity contribution in [2.45, 2.75) is 39.3 Å². The number of aliphatic hydroxyl groups is 1. The van der Waals surface area contributed by atoms with E-state index in [1.165, 1.54) is 0 Å². The van der Waals surface area contributed by atoms with Gasteiger partial charge in [-0.25, -0.2) is 0 Å². The zero-order chi connectivity index (χ0) is 15.1. The summed E-state index contributed by atoms with van der Waals surface area (Å²) in [5.41, 5.74) is 0. The second kappa shape index (κ2) is 8.26. The molecule has 1 aliphatic carbocycles. The summed E-state index contributed by atoms with van der Waals surface area (Å²) < 4.78 is 10.6. The van der Waals surface area contributed by atoms with E-state index in [-0.39, 0.29) is 0 Å². The fourth-order valence-electron chi connectivity index (χ4n) is 2.41. The lowest BCUT2D eigenvalue weighted by Gasteiger charge is -2.25. The molecular weight excluding hydrogens is 270 g/mol. The zero-order valence-corrected chi connectivity index (χ0v) is 12.8. The second-order valence-corrected chi connectivity index (χ2v) is 5.74. The molecule has 2 N–H and O–H groups in total. The first-order valence-corrected chi connectivity index (χ1v) is 7.56. The maximum Gasteiger partial charge on any atom is 0.240 e. The molecule has 1 aromatic heterocycles. The van der Waals surface area contributed by atoms with Crippen molar-refractivity contribution >= 4 is 0 Å². The van der Waals surface area contributed by atoms with Crippen molar-refractivity contribution in [3.05, 3.63) is 23.9 Å². The summed E-state index contributed by atoms with van der Waals surface area (Å²) in [5, 5.41) is 16.6. The van der Waals surface area contributed by atoms with Crippen LogP contribution in [0.5, 0.6) is 0 Å². The molecule has 3 unspecified atom stereocenters. The van der Waals surface area contributed by atoms with Gasteiger partial charge in [-0.3, -0.25) is 0 Å². The summed E-state index contributed by atoms with van der Waals surface area (Å²) in [6.45, 7) is 6.00. The van der Waals surface area contributed by atoms with Crippen LogP contribution in [0, 0.1) is 18.8 Å². The number of aryl methyl sites for hydroxylation is 1. The number of hydrogen-bond acceptors (Lipinski definition) is 6. The lowest BCUT2D eigenvalue weighted by Crippen LogP contribution is -2.31. The number of aromatic nitrogens is 2. The SMILES string of the molecule is Cc1noc(CNCC(O)COCC2CC=CCC2C)n1. The van der Waals surface area contributed by atoms with Crippen LogP contribution in [0.1, 0.15) is 31.5 Å². The third kappa shape index (κ3) is 5.57. The number of nitrogens with one attached hydrogen (secondary N) is 1. The molecule has 0 bridgehead atoms. The lowest BCUT2D eigenvalue weighted by atomic mass is 9.85. The van der Waals surface area contributed by atoms with Gasteiger partial charge in [0, 0.05) is 6.54 Å². The number of rotatable bonds is 8. The Morgan fingerprint density at radius 1 is 1.48 bits per heavy atom. The Balaban J connectivity index is 1.55. The van der Waals surface area contributed by atoms with Gasteiger partial charge in [0.2, 0.25) is 5.89 Å². The first-order valence-electron chi connectivity index (χ1n) is 7.56. The van der Waals surface area contributed by atoms with Gasteiger partial charge in [0.15, 0.2) is 5.82 Å². The highest BCUT2D eigenvalue weighted by Crippen LogP contribution is 2.24. The van der Waals surface area contributed by atoms with E-state index >= 15 is 0 Å². The van der Waals surface area contributed by atoms with E-state index in [0.717, 1.165) is 12.8 Å². The normalized spacial score (nSPS) is 23.4. The van der Waals surface area contributed by atoms with Crippen molar-refractivity contribution in [3.8, 4) is 0 Å². The number of hydrogen-bond donors (Lipinski definition) is 2. The van der Waals surface area contributed by atoms with Gasteiger partial charge in [-0.1, -0.05) is 24.2 Å². The average molecular weight is 295 g/mol. The minimum Gasteiger partial charge on any atom is -0.389 e. The van der Waals surface area contributed by atoms with Crippen LogP contribution in [0.4, 0.5) is 0 Å². The number of allylic oxidation sites excluding steroid dienone is 2.